The molecule has 4 heteroatoms. The molecule has 106 valence electrons. The third-order valence-corrected chi connectivity index (χ3v) is 3.58. The Balaban J connectivity index is 2.06. The van der Waals surface area contributed by atoms with Gasteiger partial charge >= 0.3 is 0 Å². The zero-order valence-electron chi connectivity index (χ0n) is 11.4. The summed E-state index contributed by atoms with van der Waals surface area (Å²) >= 11 is 0. The van der Waals surface area contributed by atoms with E-state index in [1.807, 2.05) is 28.8 Å². The molecule has 0 amide bonds. The Kier molecular flexibility index (Phi) is 3.54. The second-order valence-electron chi connectivity index (χ2n) is 4.95. The molecule has 0 bridgehead atoms. The summed E-state index contributed by atoms with van der Waals surface area (Å²) < 4.78 is 15.9. The summed E-state index contributed by atoms with van der Waals surface area (Å²) in [5, 5.41) is 0.638. The second kappa shape index (κ2) is 5.50. The van der Waals surface area contributed by atoms with Gasteiger partial charge in [-0.15, -0.1) is 0 Å². The first kappa shape index (κ1) is 13.5. The van der Waals surface area contributed by atoms with Gasteiger partial charge in [-0.1, -0.05) is 24.3 Å². The molecule has 3 nitrogen and oxygen atoms in total. The summed E-state index contributed by atoms with van der Waals surface area (Å²) in [6.45, 7) is 0.690. The van der Waals surface area contributed by atoms with E-state index in [4.69, 9.17) is 5.73 Å². The van der Waals surface area contributed by atoms with Gasteiger partial charge in [0.05, 0.1) is 12.1 Å². The number of pyridine rings is 1. The number of hydrogen-bond donors (Lipinski definition) is 1. The molecule has 0 saturated carbocycles. The lowest BCUT2D eigenvalue weighted by molar-refractivity contribution is 0.599. The van der Waals surface area contributed by atoms with Gasteiger partial charge in [0.15, 0.2) is 5.43 Å². The van der Waals surface area contributed by atoms with Crippen molar-refractivity contribution in [2.24, 2.45) is 5.73 Å². The first-order chi connectivity index (χ1) is 10.2. The van der Waals surface area contributed by atoms with Crippen LogP contribution < -0.4 is 11.2 Å². The SMILES string of the molecule is NCc1ccc(Cn2ccc(=O)c3ccccc32)c(F)c1. The molecule has 0 saturated heterocycles. The van der Waals surface area contributed by atoms with Gasteiger partial charge in [-0.05, 0) is 23.8 Å². The van der Waals surface area contributed by atoms with Crippen LogP contribution in [0, 0.1) is 5.82 Å². The van der Waals surface area contributed by atoms with Crippen molar-refractivity contribution in [3.8, 4) is 0 Å². The molecule has 0 radical (unpaired) electrons. The van der Waals surface area contributed by atoms with E-state index < -0.39 is 0 Å². The van der Waals surface area contributed by atoms with Crippen LogP contribution in [0.25, 0.3) is 10.9 Å². The Morgan fingerprint density at radius 2 is 1.90 bits per heavy atom. The Hall–Kier alpha value is -2.46. The highest BCUT2D eigenvalue weighted by Gasteiger charge is 2.07. The largest absolute Gasteiger partial charge is 0.343 e. The molecule has 21 heavy (non-hydrogen) atoms. The van der Waals surface area contributed by atoms with E-state index in [1.165, 1.54) is 12.1 Å². The van der Waals surface area contributed by atoms with Crippen LogP contribution in [0.3, 0.4) is 0 Å². The lowest BCUT2D eigenvalue weighted by Crippen LogP contribution is -2.10. The Morgan fingerprint density at radius 1 is 1.10 bits per heavy atom. The molecule has 1 aromatic heterocycles. The zero-order valence-corrected chi connectivity index (χ0v) is 11.4. The van der Waals surface area contributed by atoms with E-state index in [0.717, 1.165) is 11.1 Å². The summed E-state index contributed by atoms with van der Waals surface area (Å²) in [5.74, 6) is -0.277. The molecular weight excluding hydrogens is 267 g/mol. The van der Waals surface area contributed by atoms with Gasteiger partial charge in [0.2, 0.25) is 0 Å². The molecule has 0 unspecified atom stereocenters. The van der Waals surface area contributed by atoms with Crippen molar-refractivity contribution < 1.29 is 4.39 Å². The maximum absolute atomic E-state index is 14.1. The van der Waals surface area contributed by atoms with Crippen molar-refractivity contribution in [1.29, 1.82) is 0 Å². The number of rotatable bonds is 3. The van der Waals surface area contributed by atoms with Crippen molar-refractivity contribution in [3.05, 3.63) is 81.9 Å². The summed E-state index contributed by atoms with van der Waals surface area (Å²) in [6, 6.07) is 13.9. The maximum atomic E-state index is 14.1. The Morgan fingerprint density at radius 3 is 2.67 bits per heavy atom. The van der Waals surface area contributed by atoms with E-state index in [9.17, 15) is 9.18 Å². The van der Waals surface area contributed by atoms with Crippen LogP contribution in [-0.2, 0) is 13.1 Å². The Bertz CT molecular complexity index is 855. The average molecular weight is 282 g/mol. The zero-order chi connectivity index (χ0) is 14.8. The highest BCUT2D eigenvalue weighted by molar-refractivity contribution is 5.78. The molecule has 3 rings (SSSR count). The van der Waals surface area contributed by atoms with Gasteiger partial charge in [-0.2, -0.15) is 0 Å². The predicted molar refractivity (Wildman–Crippen MR) is 81.6 cm³/mol. The van der Waals surface area contributed by atoms with Crippen LogP contribution >= 0.6 is 0 Å². The van der Waals surface area contributed by atoms with Gasteiger partial charge in [0.25, 0.3) is 0 Å². The Labute approximate surface area is 121 Å². The maximum Gasteiger partial charge on any atom is 0.189 e. The van der Waals surface area contributed by atoms with Crippen molar-refractivity contribution in [2.75, 3.05) is 0 Å². The predicted octanol–water partition coefficient (Wildman–Crippen LogP) is 2.65. The molecule has 0 aliphatic heterocycles. The normalized spacial score (nSPS) is 11.0. The first-order valence-corrected chi connectivity index (χ1v) is 6.74. The summed E-state index contributed by atoms with van der Waals surface area (Å²) in [7, 11) is 0. The molecule has 0 aliphatic carbocycles. The molecule has 0 spiro atoms. The molecule has 2 N–H and O–H groups in total. The van der Waals surface area contributed by atoms with Crippen LogP contribution in [0.1, 0.15) is 11.1 Å². The molecule has 2 aromatic carbocycles. The number of nitrogens with two attached hydrogens (primary N) is 1. The van der Waals surface area contributed by atoms with Crippen molar-refractivity contribution >= 4 is 10.9 Å². The molecule has 0 fully saturated rings. The molecule has 0 atom stereocenters. The minimum Gasteiger partial charge on any atom is -0.343 e. The number of fused-ring (bicyclic) bond motifs is 1. The topological polar surface area (TPSA) is 48.0 Å². The van der Waals surface area contributed by atoms with E-state index in [1.54, 1.807) is 18.3 Å². The van der Waals surface area contributed by atoms with Crippen LogP contribution in [0.4, 0.5) is 4.39 Å². The fourth-order valence-corrected chi connectivity index (χ4v) is 2.43. The van der Waals surface area contributed by atoms with Crippen LogP contribution in [0.15, 0.2) is 59.5 Å². The van der Waals surface area contributed by atoms with Gasteiger partial charge in [-0.25, -0.2) is 4.39 Å². The third kappa shape index (κ3) is 2.58. The molecule has 0 aliphatic rings. The highest BCUT2D eigenvalue weighted by Crippen LogP contribution is 2.15. The van der Waals surface area contributed by atoms with E-state index in [2.05, 4.69) is 0 Å². The number of nitrogens with zero attached hydrogens (tertiary/aromatic N) is 1. The molecular formula is C17H15FN2O. The lowest BCUT2D eigenvalue weighted by Gasteiger charge is -2.12. The minimum atomic E-state index is -0.277. The first-order valence-electron chi connectivity index (χ1n) is 6.74. The fourth-order valence-electron chi connectivity index (χ4n) is 2.43. The fraction of sp³-hybridized carbons (Fsp3) is 0.118. The van der Waals surface area contributed by atoms with Gasteiger partial charge < -0.3 is 10.3 Å². The smallest absolute Gasteiger partial charge is 0.189 e. The number of halogens is 1. The number of benzene rings is 2. The highest BCUT2D eigenvalue weighted by atomic mass is 19.1. The van der Waals surface area contributed by atoms with Gasteiger partial charge in [0.1, 0.15) is 5.82 Å². The second-order valence-corrected chi connectivity index (χ2v) is 4.95. The number of aromatic nitrogens is 1. The quantitative estimate of drug-likeness (QED) is 0.803. The van der Waals surface area contributed by atoms with Crippen molar-refractivity contribution in [3.63, 3.8) is 0 Å². The summed E-state index contributed by atoms with van der Waals surface area (Å²) in [4.78, 5) is 11.8. The van der Waals surface area contributed by atoms with E-state index >= 15 is 0 Å². The van der Waals surface area contributed by atoms with Crippen molar-refractivity contribution in [1.82, 2.24) is 4.57 Å². The number of para-hydroxylation sites is 1. The van der Waals surface area contributed by atoms with Gasteiger partial charge in [-0.3, -0.25) is 4.79 Å². The minimum absolute atomic E-state index is 0.0270. The standard InChI is InChI=1S/C17H15FN2O/c18-15-9-12(10-19)5-6-13(15)11-20-8-7-17(21)14-3-1-2-4-16(14)20/h1-9H,10-11,19H2. The summed E-state index contributed by atoms with van der Waals surface area (Å²) in [5.41, 5.74) is 7.61. The summed E-state index contributed by atoms with van der Waals surface area (Å²) in [6.07, 6.45) is 1.70. The van der Waals surface area contributed by atoms with E-state index in [0.29, 0.717) is 24.0 Å². The van der Waals surface area contributed by atoms with Crippen LogP contribution in [-0.4, -0.2) is 4.57 Å². The average Bonchev–Trinajstić information content (AvgIpc) is 2.52. The van der Waals surface area contributed by atoms with Crippen LogP contribution in [0.2, 0.25) is 0 Å². The third-order valence-electron chi connectivity index (χ3n) is 3.58. The number of hydrogen-bond acceptors (Lipinski definition) is 2. The van der Waals surface area contributed by atoms with Crippen molar-refractivity contribution in [2.45, 2.75) is 13.1 Å². The van der Waals surface area contributed by atoms with E-state index in [-0.39, 0.29) is 11.2 Å². The van der Waals surface area contributed by atoms with Crippen LogP contribution in [0.5, 0.6) is 0 Å². The lowest BCUT2D eigenvalue weighted by atomic mass is 10.1. The van der Waals surface area contributed by atoms with Gasteiger partial charge in [0, 0.05) is 29.8 Å². The monoisotopic (exact) mass is 282 g/mol. The molecule has 1 heterocycles. The molecule has 3 aromatic rings.